The Morgan fingerprint density at radius 1 is 0.725 bits per heavy atom. The summed E-state index contributed by atoms with van der Waals surface area (Å²) in [6.07, 6.45) is 0. The molecule has 2 aromatic carbocycles. The maximum Gasteiger partial charge on any atom is 0.338 e. The number of esters is 2. The van der Waals surface area contributed by atoms with E-state index in [2.05, 4.69) is 0 Å². The number of hydrogen-bond acceptors (Lipinski definition) is 10. The Labute approximate surface area is 251 Å². The van der Waals surface area contributed by atoms with Gasteiger partial charge >= 0.3 is 11.9 Å². The molecule has 8 nitrogen and oxygen atoms in total. The van der Waals surface area contributed by atoms with E-state index in [0.717, 1.165) is 23.5 Å². The summed E-state index contributed by atoms with van der Waals surface area (Å²) in [6.45, 7) is 8.29. The summed E-state index contributed by atoms with van der Waals surface area (Å²) >= 11 is 13.0. The highest BCUT2D eigenvalue weighted by Crippen LogP contribution is 2.44. The van der Waals surface area contributed by atoms with Gasteiger partial charge in [-0.1, -0.05) is 87.8 Å². The highest BCUT2D eigenvalue weighted by molar-refractivity contribution is 8.30. The molecular weight excluding hydrogens is 589 g/mol. The largest absolute Gasteiger partial charge is 0.462 e. The van der Waals surface area contributed by atoms with Crippen LogP contribution in [0.5, 0.6) is 0 Å². The third-order valence-corrected chi connectivity index (χ3v) is 8.39. The summed E-state index contributed by atoms with van der Waals surface area (Å²) in [5.41, 5.74) is 1.34. The van der Waals surface area contributed by atoms with E-state index in [1.165, 1.54) is 21.9 Å². The fourth-order valence-corrected chi connectivity index (χ4v) is 6.40. The van der Waals surface area contributed by atoms with Crippen molar-refractivity contribution in [2.75, 3.05) is 23.0 Å². The summed E-state index contributed by atoms with van der Waals surface area (Å²) in [5.74, 6) is -1.63. The van der Waals surface area contributed by atoms with E-state index in [9.17, 15) is 19.2 Å². The normalized spacial score (nSPS) is 17.4. The Morgan fingerprint density at radius 2 is 1.10 bits per heavy atom. The maximum atomic E-state index is 13.5. The van der Waals surface area contributed by atoms with Crippen LogP contribution in [0, 0.1) is 11.8 Å². The fraction of sp³-hybridized carbons (Fsp3) is 0.286. The summed E-state index contributed by atoms with van der Waals surface area (Å²) < 4.78 is 11.0. The van der Waals surface area contributed by atoms with Crippen molar-refractivity contribution in [3.8, 4) is 0 Å². The number of thiocarbonyl (C=S) groups is 2. The molecule has 0 unspecified atom stereocenters. The van der Waals surface area contributed by atoms with E-state index in [1.807, 2.05) is 27.7 Å². The highest BCUT2D eigenvalue weighted by Gasteiger charge is 2.43. The van der Waals surface area contributed by atoms with E-state index in [0.29, 0.717) is 11.4 Å². The monoisotopic (exact) mass is 614 g/mol. The first-order valence-corrected chi connectivity index (χ1v) is 14.8. The molecule has 0 atom stereocenters. The Bertz CT molecular complexity index is 1340. The molecule has 0 spiro atoms. The van der Waals surface area contributed by atoms with Crippen molar-refractivity contribution < 1.29 is 28.7 Å². The number of rotatable bonds is 8. The zero-order valence-corrected chi connectivity index (χ0v) is 25.4. The first kappa shape index (κ1) is 29.9. The van der Waals surface area contributed by atoms with Crippen LogP contribution in [0.25, 0.3) is 0 Å². The molecule has 2 amide bonds. The lowest BCUT2D eigenvalue weighted by molar-refractivity contribution is -0.115. The van der Waals surface area contributed by atoms with Crippen LogP contribution in [-0.4, -0.2) is 45.6 Å². The first-order valence-electron chi connectivity index (χ1n) is 12.4. The summed E-state index contributed by atoms with van der Waals surface area (Å²) in [4.78, 5) is 54.8. The second-order valence-corrected chi connectivity index (χ2v) is 13.0. The van der Waals surface area contributed by atoms with Crippen molar-refractivity contribution in [1.82, 2.24) is 0 Å². The Morgan fingerprint density at radius 3 is 1.45 bits per heavy atom. The van der Waals surface area contributed by atoms with Crippen molar-refractivity contribution in [2.24, 2.45) is 11.8 Å². The standard InChI is InChI=1S/C28H26N2O6S4/c1-15(2)13-35-25(33)17-7-5-9-19(11-17)29-23(31)21(39-27(29)37)22-24(32)30(28(38)40-22)20-10-6-8-18(12-20)26(34)36-14-16(3)4/h5-12,15-16H,13-14H2,1-4H3. The van der Waals surface area contributed by atoms with E-state index in [4.69, 9.17) is 33.9 Å². The zero-order chi connectivity index (χ0) is 29.1. The first-order chi connectivity index (χ1) is 19.0. The van der Waals surface area contributed by atoms with Crippen LogP contribution in [0.4, 0.5) is 11.4 Å². The number of thioether (sulfide) groups is 2. The minimum Gasteiger partial charge on any atom is -0.462 e. The van der Waals surface area contributed by atoms with Gasteiger partial charge in [-0.25, -0.2) is 9.59 Å². The van der Waals surface area contributed by atoms with Crippen LogP contribution in [0.2, 0.25) is 0 Å². The van der Waals surface area contributed by atoms with Crippen molar-refractivity contribution in [2.45, 2.75) is 27.7 Å². The average Bonchev–Trinajstić information content (AvgIpc) is 3.38. The van der Waals surface area contributed by atoms with E-state index >= 15 is 0 Å². The molecule has 0 radical (unpaired) electrons. The quantitative estimate of drug-likeness (QED) is 0.202. The van der Waals surface area contributed by atoms with E-state index in [-0.39, 0.29) is 54.6 Å². The van der Waals surface area contributed by atoms with Gasteiger partial charge < -0.3 is 9.47 Å². The van der Waals surface area contributed by atoms with Gasteiger partial charge in [0.15, 0.2) is 8.64 Å². The molecule has 4 rings (SSSR count). The van der Waals surface area contributed by atoms with Gasteiger partial charge in [0.05, 0.1) is 45.5 Å². The van der Waals surface area contributed by atoms with Crippen LogP contribution in [-0.2, 0) is 19.1 Å². The lowest BCUT2D eigenvalue weighted by atomic mass is 10.2. The predicted molar refractivity (Wildman–Crippen MR) is 166 cm³/mol. The fourth-order valence-electron chi connectivity index (χ4n) is 3.65. The Balaban J connectivity index is 1.58. The molecule has 2 aliphatic rings. The van der Waals surface area contributed by atoms with Gasteiger partial charge in [-0.2, -0.15) is 0 Å². The molecular formula is C28H26N2O6S4. The van der Waals surface area contributed by atoms with Crippen molar-refractivity contribution >= 4 is 91.7 Å². The molecule has 0 aromatic heterocycles. The molecule has 2 heterocycles. The van der Waals surface area contributed by atoms with Crippen LogP contribution in [0.1, 0.15) is 48.4 Å². The molecule has 40 heavy (non-hydrogen) atoms. The number of anilines is 2. The topological polar surface area (TPSA) is 93.2 Å². The van der Waals surface area contributed by atoms with Crippen molar-refractivity contribution in [3.63, 3.8) is 0 Å². The molecule has 2 saturated heterocycles. The van der Waals surface area contributed by atoms with Crippen LogP contribution >= 0.6 is 48.0 Å². The van der Waals surface area contributed by atoms with Crippen molar-refractivity contribution in [3.05, 3.63) is 69.5 Å². The van der Waals surface area contributed by atoms with Crippen LogP contribution in [0.15, 0.2) is 58.3 Å². The number of carbonyl (C=O) groups excluding carboxylic acids is 4. The van der Waals surface area contributed by atoms with Crippen LogP contribution in [0.3, 0.4) is 0 Å². The molecule has 208 valence electrons. The van der Waals surface area contributed by atoms with E-state index < -0.39 is 23.8 Å². The Kier molecular flexibility index (Phi) is 9.44. The summed E-state index contributed by atoms with van der Waals surface area (Å²) in [7, 11) is 0. The molecule has 2 aliphatic heterocycles. The predicted octanol–water partition coefficient (Wildman–Crippen LogP) is 5.95. The molecule has 0 bridgehead atoms. The van der Waals surface area contributed by atoms with Gasteiger partial charge in [0.1, 0.15) is 0 Å². The minimum absolute atomic E-state index is 0.144. The SMILES string of the molecule is CC(C)COC(=O)c1cccc(N2C(=O)C(=C3SC(=S)N(c4cccc(C(=O)OCC(C)C)c4)C3=O)SC2=S)c1. The smallest absolute Gasteiger partial charge is 0.338 e. The van der Waals surface area contributed by atoms with Gasteiger partial charge in [-0.3, -0.25) is 19.4 Å². The van der Waals surface area contributed by atoms with Crippen molar-refractivity contribution in [1.29, 1.82) is 0 Å². The Hall–Kier alpha value is -3.06. The van der Waals surface area contributed by atoms with Gasteiger partial charge in [0.2, 0.25) is 0 Å². The molecule has 0 N–H and O–H groups in total. The van der Waals surface area contributed by atoms with Gasteiger partial charge in [0.25, 0.3) is 11.8 Å². The number of hydrogen-bond donors (Lipinski definition) is 0. The summed E-state index contributed by atoms with van der Waals surface area (Å²) in [6, 6.07) is 12.8. The minimum atomic E-state index is -0.503. The molecule has 2 aromatic rings. The summed E-state index contributed by atoms with van der Waals surface area (Å²) in [5, 5.41) is 0. The third kappa shape index (κ3) is 6.46. The lowest BCUT2D eigenvalue weighted by Crippen LogP contribution is -2.30. The molecule has 12 heteroatoms. The zero-order valence-electron chi connectivity index (χ0n) is 22.2. The molecule has 0 saturated carbocycles. The number of benzene rings is 2. The third-order valence-electron chi connectivity index (χ3n) is 5.52. The number of ether oxygens (including phenoxy) is 2. The van der Waals surface area contributed by atoms with Gasteiger partial charge in [0, 0.05) is 0 Å². The van der Waals surface area contributed by atoms with E-state index in [1.54, 1.807) is 36.4 Å². The van der Waals surface area contributed by atoms with Gasteiger partial charge in [-0.05, 0) is 48.2 Å². The molecule has 0 aliphatic carbocycles. The average molecular weight is 615 g/mol. The number of carbonyl (C=O) groups is 4. The van der Waals surface area contributed by atoms with Crippen LogP contribution < -0.4 is 9.80 Å². The highest BCUT2D eigenvalue weighted by atomic mass is 32.2. The second kappa shape index (κ2) is 12.6. The maximum absolute atomic E-state index is 13.5. The van der Waals surface area contributed by atoms with Gasteiger partial charge in [-0.15, -0.1) is 0 Å². The second-order valence-electron chi connectivity index (χ2n) is 9.76. The number of amides is 2. The lowest BCUT2D eigenvalue weighted by Gasteiger charge is -2.16. The molecule has 2 fully saturated rings. The number of nitrogens with zero attached hydrogens (tertiary/aromatic N) is 2.